The number of nitrogens with one attached hydrogen (secondary N) is 2. The summed E-state index contributed by atoms with van der Waals surface area (Å²) in [5.41, 5.74) is -0.853. The van der Waals surface area contributed by atoms with Crippen molar-refractivity contribution in [3.05, 3.63) is 11.6 Å². The second-order valence-corrected chi connectivity index (χ2v) is 8.61. The van der Waals surface area contributed by atoms with Crippen molar-refractivity contribution in [1.29, 1.82) is 0 Å². The molecule has 30 heavy (non-hydrogen) atoms. The summed E-state index contributed by atoms with van der Waals surface area (Å²) in [7, 11) is 1.95. The number of rotatable bonds is 7. The zero-order valence-electron chi connectivity index (χ0n) is 18.6. The molecule has 3 rings (SSSR count). The Bertz CT molecular complexity index is 668. The number of halogens is 1. The molecule has 1 aromatic heterocycles. The van der Waals surface area contributed by atoms with Gasteiger partial charge in [-0.05, 0) is 26.7 Å². The van der Waals surface area contributed by atoms with Crippen molar-refractivity contribution < 1.29 is 9.84 Å². The molecule has 2 heterocycles. The predicted molar refractivity (Wildman–Crippen MR) is 128 cm³/mol. The van der Waals surface area contributed by atoms with E-state index in [1.807, 2.05) is 25.5 Å². The van der Waals surface area contributed by atoms with E-state index >= 15 is 0 Å². The van der Waals surface area contributed by atoms with E-state index in [0.717, 1.165) is 56.8 Å². The number of aliphatic hydroxyl groups is 1. The third-order valence-electron chi connectivity index (χ3n) is 5.81. The van der Waals surface area contributed by atoms with Crippen LogP contribution in [0.3, 0.4) is 0 Å². The molecule has 3 N–H and O–H groups in total. The Morgan fingerprint density at radius 3 is 2.57 bits per heavy atom. The number of guanidine groups is 1. The number of morpholine rings is 1. The zero-order chi connectivity index (χ0) is 20.7. The fourth-order valence-electron chi connectivity index (χ4n) is 3.90. The monoisotopic (exact) mass is 535 g/mol. The molecule has 1 atom stereocenters. The van der Waals surface area contributed by atoms with Gasteiger partial charge < -0.3 is 25.0 Å². The summed E-state index contributed by atoms with van der Waals surface area (Å²) in [5, 5.41) is 26.1. The first-order chi connectivity index (χ1) is 13.9. The highest BCUT2D eigenvalue weighted by molar-refractivity contribution is 14.0. The Morgan fingerprint density at radius 2 is 1.93 bits per heavy atom. The minimum Gasteiger partial charge on any atom is -0.387 e. The lowest BCUT2D eigenvalue weighted by atomic mass is 9.96. The Hall–Kier alpha value is -0.980. The maximum Gasteiger partial charge on any atom is 0.192 e. The predicted octanol–water partition coefficient (Wildman–Crippen LogP) is 1.19. The first-order valence-corrected chi connectivity index (χ1v) is 10.9. The Kier molecular flexibility index (Phi) is 10.2. The van der Waals surface area contributed by atoms with Crippen LogP contribution in [0.1, 0.15) is 50.7 Å². The van der Waals surface area contributed by atoms with E-state index in [4.69, 9.17) is 9.73 Å². The molecule has 0 bridgehead atoms. The van der Waals surface area contributed by atoms with Gasteiger partial charge in [0.2, 0.25) is 0 Å². The van der Waals surface area contributed by atoms with Gasteiger partial charge in [0.1, 0.15) is 12.4 Å². The van der Waals surface area contributed by atoms with Crippen LogP contribution >= 0.6 is 24.0 Å². The number of aliphatic imine (C=N–C) groups is 1. The Labute approximate surface area is 197 Å². The van der Waals surface area contributed by atoms with Crippen molar-refractivity contribution in [2.45, 2.75) is 64.1 Å². The first-order valence-electron chi connectivity index (χ1n) is 10.9. The van der Waals surface area contributed by atoms with Crippen molar-refractivity contribution in [2.24, 2.45) is 12.0 Å². The van der Waals surface area contributed by atoms with Crippen LogP contribution in [0.4, 0.5) is 0 Å². The summed E-state index contributed by atoms with van der Waals surface area (Å²) < 4.78 is 7.36. The zero-order valence-corrected chi connectivity index (χ0v) is 20.9. The fourth-order valence-corrected chi connectivity index (χ4v) is 3.90. The molecular weight excluding hydrogens is 497 g/mol. The third kappa shape index (κ3) is 7.93. The molecule has 2 aliphatic rings. The molecule has 0 radical (unpaired) electrons. The Balaban J connectivity index is 0.00000320. The second-order valence-electron chi connectivity index (χ2n) is 8.61. The van der Waals surface area contributed by atoms with Crippen LogP contribution in [0.15, 0.2) is 4.99 Å². The minimum atomic E-state index is -0.853. The van der Waals surface area contributed by atoms with Crippen LogP contribution in [0.5, 0.6) is 0 Å². The van der Waals surface area contributed by atoms with Gasteiger partial charge in [-0.1, -0.05) is 19.3 Å². The molecule has 10 heteroatoms. The van der Waals surface area contributed by atoms with Crippen LogP contribution in [-0.2, 0) is 18.3 Å². The lowest BCUT2D eigenvalue weighted by Crippen LogP contribution is -2.54. The van der Waals surface area contributed by atoms with Crippen molar-refractivity contribution in [2.75, 3.05) is 39.4 Å². The van der Waals surface area contributed by atoms with Crippen molar-refractivity contribution >= 4 is 29.9 Å². The van der Waals surface area contributed by atoms with Crippen LogP contribution in [0, 0.1) is 6.92 Å². The molecule has 0 aromatic carbocycles. The van der Waals surface area contributed by atoms with E-state index in [1.165, 1.54) is 19.3 Å². The largest absolute Gasteiger partial charge is 0.387 e. The molecule has 1 aliphatic carbocycles. The van der Waals surface area contributed by atoms with Gasteiger partial charge in [-0.3, -0.25) is 4.90 Å². The maximum absolute atomic E-state index is 10.9. The molecule has 1 saturated heterocycles. The van der Waals surface area contributed by atoms with Gasteiger partial charge in [0.25, 0.3) is 0 Å². The number of β-amino-alcohol motifs (C(OH)–C–C–N with tert-alkyl or cyclic N) is 1. The van der Waals surface area contributed by atoms with Crippen LogP contribution < -0.4 is 10.6 Å². The van der Waals surface area contributed by atoms with Gasteiger partial charge in [0.15, 0.2) is 11.8 Å². The summed E-state index contributed by atoms with van der Waals surface area (Å²) in [4.78, 5) is 6.99. The van der Waals surface area contributed by atoms with Gasteiger partial charge >= 0.3 is 0 Å². The molecule has 0 spiro atoms. The third-order valence-corrected chi connectivity index (χ3v) is 5.81. The van der Waals surface area contributed by atoms with Crippen LogP contribution in [0.25, 0.3) is 0 Å². The van der Waals surface area contributed by atoms with E-state index in [2.05, 4.69) is 25.7 Å². The molecular formula is C20H38IN7O2. The van der Waals surface area contributed by atoms with Crippen molar-refractivity contribution in [3.8, 4) is 0 Å². The fraction of sp³-hybridized carbons (Fsp3) is 0.850. The van der Waals surface area contributed by atoms with Gasteiger partial charge in [0.05, 0.1) is 18.8 Å². The highest BCUT2D eigenvalue weighted by Gasteiger charge is 2.26. The van der Waals surface area contributed by atoms with Gasteiger partial charge in [0, 0.05) is 39.3 Å². The summed E-state index contributed by atoms with van der Waals surface area (Å²) in [5.74, 6) is 2.44. The van der Waals surface area contributed by atoms with E-state index in [-0.39, 0.29) is 24.0 Å². The standard InChI is InChI=1S/C20H37N7O2.HI/c1-16-24-25-18(26(16)3)13-21-19(23-17-7-5-4-6-8-17)22-14-20(2,28)15-27-9-11-29-12-10-27;/h17,28H,4-15H2,1-3H3,(H2,21,22,23);1H. The maximum atomic E-state index is 10.9. The van der Waals surface area contributed by atoms with Crippen molar-refractivity contribution in [3.63, 3.8) is 0 Å². The summed E-state index contributed by atoms with van der Waals surface area (Å²) in [6.45, 7) is 8.50. The molecule has 1 unspecified atom stereocenters. The van der Waals surface area contributed by atoms with E-state index in [1.54, 1.807) is 0 Å². The lowest BCUT2D eigenvalue weighted by molar-refractivity contribution is -0.0201. The van der Waals surface area contributed by atoms with Gasteiger partial charge in [-0.25, -0.2) is 4.99 Å². The normalized spacial score (nSPS) is 21.0. The van der Waals surface area contributed by atoms with E-state index < -0.39 is 5.60 Å². The summed E-state index contributed by atoms with van der Waals surface area (Å²) >= 11 is 0. The highest BCUT2D eigenvalue weighted by atomic mass is 127. The number of nitrogens with zero attached hydrogens (tertiary/aromatic N) is 5. The number of aromatic nitrogens is 3. The quantitative estimate of drug-likeness (QED) is 0.274. The molecule has 1 saturated carbocycles. The number of aryl methyl sites for hydroxylation is 1. The van der Waals surface area contributed by atoms with E-state index in [9.17, 15) is 5.11 Å². The summed E-state index contributed by atoms with van der Waals surface area (Å²) in [6, 6.07) is 0.431. The molecule has 172 valence electrons. The molecule has 2 fully saturated rings. The molecule has 9 nitrogen and oxygen atoms in total. The average molecular weight is 535 g/mol. The lowest BCUT2D eigenvalue weighted by Gasteiger charge is -2.34. The highest BCUT2D eigenvalue weighted by Crippen LogP contribution is 2.17. The minimum absolute atomic E-state index is 0. The van der Waals surface area contributed by atoms with Crippen LogP contribution in [0.2, 0.25) is 0 Å². The first kappa shape index (κ1) is 25.3. The topological polar surface area (TPSA) is 99.8 Å². The van der Waals surface area contributed by atoms with Crippen molar-refractivity contribution in [1.82, 2.24) is 30.3 Å². The number of ether oxygens (including phenoxy) is 1. The SMILES string of the molecule is Cc1nnc(CN=C(NCC(C)(O)CN2CCOCC2)NC2CCCCC2)n1C.I. The van der Waals surface area contributed by atoms with E-state index in [0.29, 0.717) is 25.7 Å². The van der Waals surface area contributed by atoms with Crippen LogP contribution in [-0.4, -0.2) is 81.8 Å². The van der Waals surface area contributed by atoms with Gasteiger partial charge in [-0.15, -0.1) is 34.2 Å². The second kappa shape index (κ2) is 12.2. The molecule has 1 aliphatic heterocycles. The molecule has 1 aromatic rings. The number of hydrogen-bond acceptors (Lipinski definition) is 6. The smallest absolute Gasteiger partial charge is 0.192 e. The average Bonchev–Trinajstić information content (AvgIpc) is 3.03. The van der Waals surface area contributed by atoms with Gasteiger partial charge in [-0.2, -0.15) is 0 Å². The summed E-state index contributed by atoms with van der Waals surface area (Å²) in [6.07, 6.45) is 6.14. The Morgan fingerprint density at radius 1 is 1.23 bits per heavy atom. The molecule has 0 amide bonds. The number of hydrogen-bond donors (Lipinski definition) is 3.